The Balaban J connectivity index is 2.10. The van der Waals surface area contributed by atoms with Gasteiger partial charge >= 0.3 is 0 Å². The molecule has 0 saturated carbocycles. The van der Waals surface area contributed by atoms with Crippen LogP contribution >= 0.6 is 15.9 Å². The van der Waals surface area contributed by atoms with Crippen LogP contribution in [0.4, 0.5) is 10.1 Å². The van der Waals surface area contributed by atoms with Crippen LogP contribution in [0.25, 0.3) is 0 Å². The fourth-order valence-electron chi connectivity index (χ4n) is 1.63. The molecule has 0 spiro atoms. The Hall–Kier alpha value is -1.59. The first-order valence-corrected chi connectivity index (χ1v) is 6.45. The van der Waals surface area contributed by atoms with E-state index in [9.17, 15) is 4.39 Å². The van der Waals surface area contributed by atoms with Gasteiger partial charge in [0, 0.05) is 6.07 Å². The van der Waals surface area contributed by atoms with E-state index in [1.54, 1.807) is 0 Å². The summed E-state index contributed by atoms with van der Waals surface area (Å²) in [6, 6.07) is 9.89. The van der Waals surface area contributed by atoms with Crippen molar-refractivity contribution in [1.82, 2.24) is 0 Å². The van der Waals surface area contributed by atoms with Crippen molar-refractivity contribution in [1.29, 1.82) is 0 Å². The summed E-state index contributed by atoms with van der Waals surface area (Å²) in [5.41, 5.74) is 7.73. The molecule has 0 aliphatic rings. The van der Waals surface area contributed by atoms with Crippen LogP contribution in [-0.4, -0.2) is 5.11 Å². The Kier molecular flexibility index (Phi) is 4.39. The van der Waals surface area contributed by atoms with Crippen molar-refractivity contribution in [3.63, 3.8) is 0 Å². The maximum absolute atomic E-state index is 13.1. The Bertz CT molecular complexity index is 549. The topological polar surface area (TPSA) is 55.5 Å². The summed E-state index contributed by atoms with van der Waals surface area (Å²) in [6.07, 6.45) is 0. The number of hydrogen-bond acceptors (Lipinski definition) is 3. The number of nitrogen functional groups attached to an aromatic ring is 1. The first kappa shape index (κ1) is 13.8. The lowest BCUT2D eigenvalue weighted by atomic mass is 10.1. The SMILES string of the molecule is Nc1cc(F)cc(Br)c1OCc1ccc(CO)cc1. The summed E-state index contributed by atoms with van der Waals surface area (Å²) in [4.78, 5) is 0. The summed E-state index contributed by atoms with van der Waals surface area (Å²) in [5, 5.41) is 8.95. The van der Waals surface area contributed by atoms with Gasteiger partial charge in [-0.25, -0.2) is 4.39 Å². The number of rotatable bonds is 4. The maximum atomic E-state index is 13.1. The normalized spacial score (nSPS) is 10.5. The highest BCUT2D eigenvalue weighted by Crippen LogP contribution is 2.32. The minimum Gasteiger partial charge on any atom is -0.486 e. The molecular weight excluding hydrogens is 313 g/mol. The van der Waals surface area contributed by atoms with Crippen LogP contribution in [0.1, 0.15) is 11.1 Å². The summed E-state index contributed by atoms with van der Waals surface area (Å²) in [7, 11) is 0. The molecular formula is C14H13BrFNO2. The molecule has 100 valence electrons. The van der Waals surface area contributed by atoms with Crippen molar-refractivity contribution < 1.29 is 14.2 Å². The molecule has 0 bridgehead atoms. The quantitative estimate of drug-likeness (QED) is 0.848. The average Bonchev–Trinajstić information content (AvgIpc) is 2.38. The molecule has 5 heteroatoms. The van der Waals surface area contributed by atoms with Gasteiger partial charge in [0.15, 0.2) is 5.75 Å². The molecule has 0 radical (unpaired) electrons. The maximum Gasteiger partial charge on any atom is 0.157 e. The van der Waals surface area contributed by atoms with Crippen LogP contribution in [0.5, 0.6) is 5.75 Å². The van der Waals surface area contributed by atoms with E-state index in [1.807, 2.05) is 24.3 Å². The molecule has 0 fully saturated rings. The van der Waals surface area contributed by atoms with Crippen molar-refractivity contribution in [2.75, 3.05) is 5.73 Å². The number of aliphatic hydroxyl groups excluding tert-OH is 1. The lowest BCUT2D eigenvalue weighted by Gasteiger charge is -2.11. The van der Waals surface area contributed by atoms with E-state index in [0.717, 1.165) is 11.1 Å². The first-order chi connectivity index (χ1) is 9.10. The summed E-state index contributed by atoms with van der Waals surface area (Å²) in [6.45, 7) is 0.331. The summed E-state index contributed by atoms with van der Waals surface area (Å²) in [5.74, 6) is 0.0108. The predicted octanol–water partition coefficient (Wildman–Crippen LogP) is 3.24. The third-order valence-corrected chi connectivity index (χ3v) is 3.21. The molecule has 0 aliphatic carbocycles. The van der Waals surface area contributed by atoms with Crippen molar-refractivity contribution in [3.05, 3.63) is 57.8 Å². The van der Waals surface area contributed by atoms with E-state index >= 15 is 0 Å². The zero-order chi connectivity index (χ0) is 13.8. The van der Waals surface area contributed by atoms with E-state index in [2.05, 4.69) is 15.9 Å². The van der Waals surface area contributed by atoms with Crippen LogP contribution in [0, 0.1) is 5.82 Å². The second-order valence-electron chi connectivity index (χ2n) is 4.07. The van der Waals surface area contributed by atoms with Gasteiger partial charge in [0.2, 0.25) is 0 Å². The molecule has 2 aromatic rings. The molecule has 0 aromatic heterocycles. The molecule has 0 heterocycles. The predicted molar refractivity (Wildman–Crippen MR) is 75.2 cm³/mol. The highest BCUT2D eigenvalue weighted by Gasteiger charge is 2.08. The van der Waals surface area contributed by atoms with Gasteiger partial charge in [0.1, 0.15) is 12.4 Å². The second-order valence-corrected chi connectivity index (χ2v) is 4.92. The zero-order valence-electron chi connectivity index (χ0n) is 10.1. The molecule has 19 heavy (non-hydrogen) atoms. The minimum atomic E-state index is -0.413. The number of ether oxygens (including phenoxy) is 1. The van der Waals surface area contributed by atoms with Crippen LogP contribution < -0.4 is 10.5 Å². The fraction of sp³-hybridized carbons (Fsp3) is 0.143. The largest absolute Gasteiger partial charge is 0.486 e. The molecule has 0 saturated heterocycles. The molecule has 3 nitrogen and oxygen atoms in total. The smallest absolute Gasteiger partial charge is 0.157 e. The highest BCUT2D eigenvalue weighted by atomic mass is 79.9. The molecule has 0 atom stereocenters. The molecule has 0 amide bonds. The number of halogens is 2. The third kappa shape index (κ3) is 3.45. The highest BCUT2D eigenvalue weighted by molar-refractivity contribution is 9.10. The van der Waals surface area contributed by atoms with Crippen LogP contribution in [0.15, 0.2) is 40.9 Å². The van der Waals surface area contributed by atoms with Gasteiger partial charge < -0.3 is 15.6 Å². The van der Waals surface area contributed by atoms with E-state index in [-0.39, 0.29) is 12.3 Å². The van der Waals surface area contributed by atoms with Gasteiger partial charge in [0.05, 0.1) is 16.8 Å². The van der Waals surface area contributed by atoms with Gasteiger partial charge in [0.25, 0.3) is 0 Å². The van der Waals surface area contributed by atoms with Gasteiger partial charge in [-0.3, -0.25) is 0 Å². The molecule has 3 N–H and O–H groups in total. The monoisotopic (exact) mass is 325 g/mol. The average molecular weight is 326 g/mol. The van der Waals surface area contributed by atoms with Gasteiger partial charge in [-0.15, -0.1) is 0 Å². The minimum absolute atomic E-state index is 0.0115. The summed E-state index contributed by atoms with van der Waals surface area (Å²) >= 11 is 3.22. The van der Waals surface area contributed by atoms with Crippen molar-refractivity contribution in [2.24, 2.45) is 0 Å². The van der Waals surface area contributed by atoms with E-state index in [0.29, 0.717) is 16.8 Å². The number of hydrogen-bond donors (Lipinski definition) is 2. The lowest BCUT2D eigenvalue weighted by Crippen LogP contribution is -2.00. The number of nitrogens with two attached hydrogens (primary N) is 1. The Morgan fingerprint density at radius 1 is 1.16 bits per heavy atom. The number of aliphatic hydroxyl groups is 1. The van der Waals surface area contributed by atoms with E-state index in [1.165, 1.54) is 12.1 Å². The van der Waals surface area contributed by atoms with Crippen LogP contribution in [-0.2, 0) is 13.2 Å². The Morgan fingerprint density at radius 3 is 2.37 bits per heavy atom. The fourth-order valence-corrected chi connectivity index (χ4v) is 2.19. The van der Waals surface area contributed by atoms with Crippen LogP contribution in [0.2, 0.25) is 0 Å². The van der Waals surface area contributed by atoms with Crippen molar-refractivity contribution >= 4 is 21.6 Å². The van der Waals surface area contributed by atoms with Crippen LogP contribution in [0.3, 0.4) is 0 Å². The molecule has 0 aliphatic heterocycles. The van der Waals surface area contributed by atoms with Gasteiger partial charge in [-0.2, -0.15) is 0 Å². The summed E-state index contributed by atoms with van der Waals surface area (Å²) < 4.78 is 19.1. The van der Waals surface area contributed by atoms with E-state index < -0.39 is 5.82 Å². The molecule has 0 unspecified atom stereocenters. The Labute approximate surface area is 118 Å². The first-order valence-electron chi connectivity index (χ1n) is 5.66. The number of benzene rings is 2. The van der Waals surface area contributed by atoms with E-state index in [4.69, 9.17) is 15.6 Å². The van der Waals surface area contributed by atoms with Crippen molar-refractivity contribution in [2.45, 2.75) is 13.2 Å². The van der Waals surface area contributed by atoms with Gasteiger partial charge in [-0.05, 0) is 33.1 Å². The van der Waals surface area contributed by atoms with Gasteiger partial charge in [-0.1, -0.05) is 24.3 Å². The third-order valence-electron chi connectivity index (χ3n) is 2.63. The Morgan fingerprint density at radius 2 is 1.79 bits per heavy atom. The number of anilines is 1. The zero-order valence-corrected chi connectivity index (χ0v) is 11.7. The molecule has 2 aromatic carbocycles. The standard InChI is InChI=1S/C14H13BrFNO2/c15-12-5-11(16)6-13(17)14(12)19-8-10-3-1-9(7-18)2-4-10/h1-6,18H,7-8,17H2. The molecule has 2 rings (SSSR count). The second kappa shape index (κ2) is 6.04. The van der Waals surface area contributed by atoms with Crippen molar-refractivity contribution in [3.8, 4) is 5.75 Å². The lowest BCUT2D eigenvalue weighted by molar-refractivity contribution is 0.281.